The molecule has 0 bridgehead atoms. The fourth-order valence-corrected chi connectivity index (χ4v) is 2.27. The molecule has 0 aromatic heterocycles. The highest BCUT2D eigenvalue weighted by molar-refractivity contribution is 14.0. The number of amides is 1. The van der Waals surface area contributed by atoms with Crippen LogP contribution in [-0.2, 0) is 16.1 Å². The second-order valence-electron chi connectivity index (χ2n) is 4.69. The van der Waals surface area contributed by atoms with Gasteiger partial charge in [0.1, 0.15) is 0 Å². The van der Waals surface area contributed by atoms with Crippen LogP contribution in [0, 0.1) is 0 Å². The molecular formula is C15H24BrIN4O2. The third kappa shape index (κ3) is 8.52. The zero-order chi connectivity index (χ0) is 16.4. The quantitative estimate of drug-likeness (QED) is 0.260. The predicted octanol–water partition coefficient (Wildman–Crippen LogP) is 1.84. The topological polar surface area (TPSA) is 66.0 Å². The van der Waals surface area contributed by atoms with Crippen molar-refractivity contribution in [3.63, 3.8) is 0 Å². The number of aliphatic imine (C=N–C) groups is 1. The number of benzene rings is 1. The standard InChI is InChI=1S/C15H23BrN4O2.HI/c1-17-15(19-10-14(21)18-8-9-22-3)20(2)11-12-6-4-5-7-13(12)16;/h4-7H,8-11H2,1-3H3,(H,17,19)(H,18,21);1H. The van der Waals surface area contributed by atoms with Crippen LogP contribution in [-0.4, -0.2) is 57.7 Å². The van der Waals surface area contributed by atoms with Crippen molar-refractivity contribution in [2.24, 2.45) is 4.99 Å². The van der Waals surface area contributed by atoms with Crippen molar-refractivity contribution in [2.75, 3.05) is 40.9 Å². The summed E-state index contributed by atoms with van der Waals surface area (Å²) < 4.78 is 5.93. The first-order chi connectivity index (χ1) is 10.6. The molecule has 0 saturated heterocycles. The number of nitrogens with one attached hydrogen (secondary N) is 2. The van der Waals surface area contributed by atoms with E-state index in [0.29, 0.717) is 25.7 Å². The Labute approximate surface area is 163 Å². The van der Waals surface area contributed by atoms with Crippen molar-refractivity contribution in [1.29, 1.82) is 0 Å². The number of methoxy groups -OCH3 is 1. The minimum absolute atomic E-state index is 0. The Bertz CT molecular complexity index is 514. The molecule has 1 amide bonds. The lowest BCUT2D eigenvalue weighted by molar-refractivity contribution is -0.120. The highest BCUT2D eigenvalue weighted by Gasteiger charge is 2.09. The zero-order valence-electron chi connectivity index (χ0n) is 13.6. The maximum Gasteiger partial charge on any atom is 0.239 e. The molecule has 0 saturated carbocycles. The minimum atomic E-state index is -0.0903. The van der Waals surface area contributed by atoms with Crippen LogP contribution >= 0.6 is 39.9 Å². The van der Waals surface area contributed by atoms with Crippen LogP contribution in [0.15, 0.2) is 33.7 Å². The number of rotatable bonds is 7. The van der Waals surface area contributed by atoms with Gasteiger partial charge in [0.15, 0.2) is 5.96 Å². The van der Waals surface area contributed by atoms with E-state index < -0.39 is 0 Å². The van der Waals surface area contributed by atoms with Crippen molar-refractivity contribution >= 4 is 51.8 Å². The summed E-state index contributed by atoms with van der Waals surface area (Å²) in [6.45, 7) is 1.87. The Morgan fingerprint density at radius 3 is 2.65 bits per heavy atom. The van der Waals surface area contributed by atoms with Crippen LogP contribution in [0.25, 0.3) is 0 Å². The van der Waals surface area contributed by atoms with Crippen LogP contribution in [0.3, 0.4) is 0 Å². The molecule has 2 N–H and O–H groups in total. The average Bonchev–Trinajstić information content (AvgIpc) is 2.50. The number of ether oxygens (including phenoxy) is 1. The van der Waals surface area contributed by atoms with Gasteiger partial charge in [-0.05, 0) is 11.6 Å². The van der Waals surface area contributed by atoms with E-state index in [0.717, 1.165) is 10.0 Å². The van der Waals surface area contributed by atoms with E-state index in [-0.39, 0.29) is 36.4 Å². The van der Waals surface area contributed by atoms with Crippen molar-refractivity contribution in [3.8, 4) is 0 Å². The molecule has 0 heterocycles. The number of hydrogen-bond donors (Lipinski definition) is 2. The first kappa shape index (κ1) is 22.1. The average molecular weight is 499 g/mol. The van der Waals surface area contributed by atoms with Crippen LogP contribution in [0.5, 0.6) is 0 Å². The predicted molar refractivity (Wildman–Crippen MR) is 107 cm³/mol. The largest absolute Gasteiger partial charge is 0.383 e. The van der Waals surface area contributed by atoms with E-state index in [1.807, 2.05) is 36.2 Å². The molecule has 0 spiro atoms. The summed E-state index contributed by atoms with van der Waals surface area (Å²) in [6.07, 6.45) is 0. The Balaban J connectivity index is 0.00000484. The fraction of sp³-hybridized carbons (Fsp3) is 0.467. The Morgan fingerprint density at radius 1 is 1.35 bits per heavy atom. The van der Waals surface area contributed by atoms with Crippen LogP contribution in [0.1, 0.15) is 5.56 Å². The first-order valence-electron chi connectivity index (χ1n) is 6.99. The van der Waals surface area contributed by atoms with E-state index in [2.05, 4.69) is 31.6 Å². The number of carbonyl (C=O) groups is 1. The van der Waals surface area contributed by atoms with Gasteiger partial charge in [0.05, 0.1) is 13.2 Å². The minimum Gasteiger partial charge on any atom is -0.383 e. The number of carbonyl (C=O) groups excluding carboxylic acids is 1. The zero-order valence-corrected chi connectivity index (χ0v) is 17.6. The van der Waals surface area contributed by atoms with E-state index in [9.17, 15) is 4.79 Å². The molecule has 1 rings (SSSR count). The highest BCUT2D eigenvalue weighted by Crippen LogP contribution is 2.17. The molecule has 0 radical (unpaired) electrons. The first-order valence-corrected chi connectivity index (χ1v) is 7.78. The summed E-state index contributed by atoms with van der Waals surface area (Å²) in [4.78, 5) is 17.8. The second-order valence-corrected chi connectivity index (χ2v) is 5.55. The van der Waals surface area contributed by atoms with Crippen LogP contribution < -0.4 is 10.6 Å². The van der Waals surface area contributed by atoms with Crippen molar-refractivity contribution in [2.45, 2.75) is 6.54 Å². The molecule has 0 unspecified atom stereocenters. The summed E-state index contributed by atoms with van der Waals surface area (Å²) >= 11 is 3.53. The molecule has 0 fully saturated rings. The van der Waals surface area contributed by atoms with Gasteiger partial charge in [-0.2, -0.15) is 0 Å². The van der Waals surface area contributed by atoms with Crippen LogP contribution in [0.4, 0.5) is 0 Å². The summed E-state index contributed by atoms with van der Waals surface area (Å²) in [7, 11) is 5.22. The second kappa shape index (κ2) is 12.5. The number of nitrogens with zero attached hydrogens (tertiary/aromatic N) is 2. The summed E-state index contributed by atoms with van der Waals surface area (Å²) in [5.41, 5.74) is 1.15. The molecule has 0 aliphatic carbocycles. The Morgan fingerprint density at radius 2 is 2.04 bits per heavy atom. The Hall–Kier alpha value is -0.870. The lowest BCUT2D eigenvalue weighted by Gasteiger charge is -2.22. The SMILES string of the molecule is CN=C(NCC(=O)NCCOC)N(C)Cc1ccccc1Br.I. The van der Waals surface area contributed by atoms with E-state index in [4.69, 9.17) is 4.74 Å². The molecule has 1 aromatic carbocycles. The maximum absolute atomic E-state index is 11.7. The van der Waals surface area contributed by atoms with Gasteiger partial charge >= 0.3 is 0 Å². The van der Waals surface area contributed by atoms with Gasteiger partial charge in [0.25, 0.3) is 0 Å². The van der Waals surface area contributed by atoms with Gasteiger partial charge in [-0.1, -0.05) is 34.1 Å². The molecule has 8 heteroatoms. The maximum atomic E-state index is 11.7. The summed E-state index contributed by atoms with van der Waals surface area (Å²) in [6, 6.07) is 8.02. The van der Waals surface area contributed by atoms with Crippen molar-refractivity contribution in [1.82, 2.24) is 15.5 Å². The van der Waals surface area contributed by atoms with Crippen molar-refractivity contribution in [3.05, 3.63) is 34.3 Å². The monoisotopic (exact) mass is 498 g/mol. The number of hydrogen-bond acceptors (Lipinski definition) is 3. The third-order valence-corrected chi connectivity index (χ3v) is 3.75. The summed E-state index contributed by atoms with van der Waals surface area (Å²) in [5.74, 6) is 0.574. The van der Waals surface area contributed by atoms with Gasteiger partial charge in [0, 0.05) is 38.8 Å². The Kier molecular flexibility index (Phi) is 12.1. The normalized spacial score (nSPS) is 10.7. The molecule has 6 nitrogen and oxygen atoms in total. The summed E-state index contributed by atoms with van der Waals surface area (Å²) in [5, 5.41) is 5.80. The molecule has 0 aliphatic rings. The lowest BCUT2D eigenvalue weighted by atomic mass is 10.2. The molecule has 0 aliphatic heterocycles. The fourth-order valence-electron chi connectivity index (χ4n) is 1.86. The van der Waals surface area contributed by atoms with E-state index in [1.165, 1.54) is 0 Å². The number of halogens is 2. The molecule has 23 heavy (non-hydrogen) atoms. The molecular weight excluding hydrogens is 475 g/mol. The van der Waals surface area contributed by atoms with Crippen molar-refractivity contribution < 1.29 is 9.53 Å². The molecule has 1 aromatic rings. The van der Waals surface area contributed by atoms with E-state index >= 15 is 0 Å². The van der Waals surface area contributed by atoms with Crippen LogP contribution in [0.2, 0.25) is 0 Å². The third-order valence-electron chi connectivity index (χ3n) is 2.97. The molecule has 0 atom stereocenters. The smallest absolute Gasteiger partial charge is 0.239 e. The van der Waals surface area contributed by atoms with Gasteiger partial charge in [0.2, 0.25) is 5.91 Å². The van der Waals surface area contributed by atoms with E-state index in [1.54, 1.807) is 14.2 Å². The highest BCUT2D eigenvalue weighted by atomic mass is 127. The van der Waals surface area contributed by atoms with Gasteiger partial charge < -0.3 is 20.3 Å². The lowest BCUT2D eigenvalue weighted by Crippen LogP contribution is -2.44. The van der Waals surface area contributed by atoms with Gasteiger partial charge in [-0.3, -0.25) is 9.79 Å². The van der Waals surface area contributed by atoms with Gasteiger partial charge in [-0.25, -0.2) is 0 Å². The number of guanidine groups is 1. The molecule has 130 valence electrons. The van der Waals surface area contributed by atoms with Gasteiger partial charge in [-0.15, -0.1) is 24.0 Å².